The summed E-state index contributed by atoms with van der Waals surface area (Å²) in [5.74, 6) is -0.00692. The van der Waals surface area contributed by atoms with E-state index >= 15 is 0 Å². The van der Waals surface area contributed by atoms with E-state index in [-0.39, 0.29) is 17.4 Å². The molecule has 0 aliphatic heterocycles. The number of hydrogen-bond donors (Lipinski definition) is 0. The molecular formula is C14H15NO4S. The van der Waals surface area contributed by atoms with Gasteiger partial charge in [0.1, 0.15) is 0 Å². The third-order valence-electron chi connectivity index (χ3n) is 2.87. The summed E-state index contributed by atoms with van der Waals surface area (Å²) in [6.07, 6.45) is 0.472. The maximum Gasteiger partial charge on any atom is 0.276 e. The number of rotatable bonds is 5. The molecule has 0 radical (unpaired) electrons. The zero-order valence-corrected chi connectivity index (χ0v) is 12.1. The Morgan fingerprint density at radius 2 is 2.00 bits per heavy atom. The summed E-state index contributed by atoms with van der Waals surface area (Å²) in [5, 5.41) is -0.227. The molecule has 0 fully saturated rings. The van der Waals surface area contributed by atoms with Gasteiger partial charge in [0.25, 0.3) is 10.0 Å². The molecule has 0 saturated heterocycles. The van der Waals surface area contributed by atoms with Crippen molar-refractivity contribution in [1.29, 1.82) is 0 Å². The van der Waals surface area contributed by atoms with Crippen LogP contribution < -0.4 is 0 Å². The van der Waals surface area contributed by atoms with Gasteiger partial charge in [0.05, 0.1) is 0 Å². The van der Waals surface area contributed by atoms with Crippen LogP contribution in [0.15, 0.2) is 45.9 Å². The lowest BCUT2D eigenvalue weighted by Crippen LogP contribution is -2.26. The van der Waals surface area contributed by atoms with Gasteiger partial charge in [-0.15, -0.1) is 0 Å². The highest BCUT2D eigenvalue weighted by Gasteiger charge is 2.24. The third-order valence-corrected chi connectivity index (χ3v) is 4.55. The maximum atomic E-state index is 12.3. The van der Waals surface area contributed by atoms with E-state index < -0.39 is 10.0 Å². The van der Waals surface area contributed by atoms with Crippen LogP contribution in [0.4, 0.5) is 0 Å². The molecule has 20 heavy (non-hydrogen) atoms. The van der Waals surface area contributed by atoms with Gasteiger partial charge >= 0.3 is 0 Å². The Hall–Kier alpha value is -1.92. The SMILES string of the molecule is Cc1cccc(CN(C)S(=O)(=O)c2ccc(C=O)o2)c1. The highest BCUT2D eigenvalue weighted by atomic mass is 32.2. The van der Waals surface area contributed by atoms with Crippen LogP contribution in [0.25, 0.3) is 0 Å². The van der Waals surface area contributed by atoms with Gasteiger partial charge in [-0.1, -0.05) is 29.8 Å². The molecule has 1 heterocycles. The number of aldehydes is 1. The van der Waals surface area contributed by atoms with E-state index in [1.807, 2.05) is 31.2 Å². The Bertz CT molecular complexity index is 718. The lowest BCUT2D eigenvalue weighted by atomic mass is 10.1. The van der Waals surface area contributed by atoms with E-state index in [0.29, 0.717) is 6.29 Å². The van der Waals surface area contributed by atoms with Gasteiger partial charge in [-0.25, -0.2) is 8.42 Å². The Labute approximate surface area is 117 Å². The molecule has 0 atom stereocenters. The van der Waals surface area contributed by atoms with Crippen molar-refractivity contribution >= 4 is 16.3 Å². The van der Waals surface area contributed by atoms with Gasteiger partial charge in [0, 0.05) is 13.6 Å². The van der Waals surface area contributed by atoms with Crippen LogP contribution in [-0.2, 0) is 16.6 Å². The molecule has 2 aromatic rings. The van der Waals surface area contributed by atoms with Crippen LogP contribution in [0.2, 0.25) is 0 Å². The minimum absolute atomic E-state index is 0.00692. The standard InChI is InChI=1S/C14H15NO4S/c1-11-4-3-5-12(8-11)9-15(2)20(17,18)14-7-6-13(10-16)19-14/h3-8,10H,9H2,1-2H3. The lowest BCUT2D eigenvalue weighted by Gasteiger charge is -2.15. The first-order valence-electron chi connectivity index (χ1n) is 6.00. The fraction of sp³-hybridized carbons (Fsp3) is 0.214. The number of nitrogens with zero attached hydrogens (tertiary/aromatic N) is 1. The van der Waals surface area contributed by atoms with Gasteiger partial charge in [0.2, 0.25) is 5.09 Å². The molecule has 2 rings (SSSR count). The largest absolute Gasteiger partial charge is 0.440 e. The average molecular weight is 293 g/mol. The quantitative estimate of drug-likeness (QED) is 0.793. The van der Waals surface area contributed by atoms with Crippen LogP contribution in [0.3, 0.4) is 0 Å². The van der Waals surface area contributed by atoms with Crippen molar-refractivity contribution in [1.82, 2.24) is 4.31 Å². The molecule has 0 aliphatic carbocycles. The minimum Gasteiger partial charge on any atom is -0.440 e. The van der Waals surface area contributed by atoms with Crippen molar-refractivity contribution in [2.75, 3.05) is 7.05 Å². The van der Waals surface area contributed by atoms with Gasteiger partial charge in [-0.3, -0.25) is 4.79 Å². The number of benzene rings is 1. The fourth-order valence-electron chi connectivity index (χ4n) is 1.84. The summed E-state index contributed by atoms with van der Waals surface area (Å²) < 4.78 is 30.7. The Kier molecular flexibility index (Phi) is 4.06. The molecule has 0 bridgehead atoms. The number of furan rings is 1. The molecule has 0 N–H and O–H groups in total. The van der Waals surface area contributed by atoms with Crippen LogP contribution in [-0.4, -0.2) is 26.1 Å². The third kappa shape index (κ3) is 2.97. The van der Waals surface area contributed by atoms with Crippen molar-refractivity contribution in [3.63, 3.8) is 0 Å². The van der Waals surface area contributed by atoms with Crippen LogP contribution in [0.1, 0.15) is 21.7 Å². The molecule has 0 aliphatic rings. The zero-order valence-electron chi connectivity index (χ0n) is 11.2. The molecule has 1 aromatic heterocycles. The van der Waals surface area contributed by atoms with E-state index in [2.05, 4.69) is 0 Å². The molecule has 5 nitrogen and oxygen atoms in total. The van der Waals surface area contributed by atoms with Gasteiger partial charge < -0.3 is 4.42 Å². The van der Waals surface area contributed by atoms with Crippen molar-refractivity contribution in [2.45, 2.75) is 18.6 Å². The van der Waals surface area contributed by atoms with E-state index in [4.69, 9.17) is 4.42 Å². The lowest BCUT2D eigenvalue weighted by molar-refractivity contribution is 0.109. The summed E-state index contributed by atoms with van der Waals surface area (Å²) in [5.41, 5.74) is 1.95. The number of carbonyl (C=O) groups excluding carboxylic acids is 1. The van der Waals surface area contributed by atoms with Crippen molar-refractivity contribution < 1.29 is 17.6 Å². The zero-order chi connectivity index (χ0) is 14.8. The molecule has 0 unspecified atom stereocenters. The summed E-state index contributed by atoms with van der Waals surface area (Å²) in [6, 6.07) is 10.2. The molecule has 0 saturated carbocycles. The Morgan fingerprint density at radius 1 is 1.25 bits per heavy atom. The molecule has 0 spiro atoms. The minimum atomic E-state index is -3.73. The second kappa shape index (κ2) is 5.60. The van der Waals surface area contributed by atoms with E-state index in [0.717, 1.165) is 11.1 Å². The fourth-order valence-corrected chi connectivity index (χ4v) is 2.91. The molecule has 0 amide bonds. The maximum absolute atomic E-state index is 12.3. The van der Waals surface area contributed by atoms with Crippen molar-refractivity contribution in [3.8, 4) is 0 Å². The number of aryl methyl sites for hydroxylation is 1. The van der Waals surface area contributed by atoms with Crippen LogP contribution >= 0.6 is 0 Å². The van der Waals surface area contributed by atoms with E-state index in [9.17, 15) is 13.2 Å². The van der Waals surface area contributed by atoms with Crippen molar-refractivity contribution in [3.05, 3.63) is 53.3 Å². The summed E-state index contributed by atoms with van der Waals surface area (Å²) in [7, 11) is -2.26. The van der Waals surface area contributed by atoms with Gasteiger partial charge in [-0.05, 0) is 24.6 Å². The van der Waals surface area contributed by atoms with Crippen LogP contribution in [0, 0.1) is 6.92 Å². The first-order chi connectivity index (χ1) is 9.43. The topological polar surface area (TPSA) is 67.6 Å². The molecule has 1 aromatic carbocycles. The monoisotopic (exact) mass is 293 g/mol. The van der Waals surface area contributed by atoms with Gasteiger partial charge in [0.15, 0.2) is 12.0 Å². The summed E-state index contributed by atoms with van der Waals surface area (Å²) in [4.78, 5) is 10.5. The predicted octanol–water partition coefficient (Wildman–Crippen LogP) is 2.22. The van der Waals surface area contributed by atoms with Gasteiger partial charge in [-0.2, -0.15) is 4.31 Å². The van der Waals surface area contributed by atoms with E-state index in [1.54, 1.807) is 0 Å². The number of carbonyl (C=O) groups is 1. The first kappa shape index (κ1) is 14.5. The second-order valence-electron chi connectivity index (χ2n) is 4.52. The number of sulfonamides is 1. The molecular weight excluding hydrogens is 278 g/mol. The predicted molar refractivity (Wildman–Crippen MR) is 73.9 cm³/mol. The Balaban J connectivity index is 2.23. The highest BCUT2D eigenvalue weighted by molar-refractivity contribution is 7.88. The molecule has 106 valence electrons. The smallest absolute Gasteiger partial charge is 0.276 e. The summed E-state index contributed by atoms with van der Waals surface area (Å²) >= 11 is 0. The number of hydrogen-bond acceptors (Lipinski definition) is 4. The first-order valence-corrected chi connectivity index (χ1v) is 7.44. The average Bonchev–Trinajstić information content (AvgIpc) is 2.88. The molecule has 6 heteroatoms. The highest BCUT2D eigenvalue weighted by Crippen LogP contribution is 2.19. The van der Waals surface area contributed by atoms with E-state index in [1.165, 1.54) is 23.5 Å². The second-order valence-corrected chi connectivity index (χ2v) is 6.50. The Morgan fingerprint density at radius 3 is 2.60 bits per heavy atom. The summed E-state index contributed by atoms with van der Waals surface area (Å²) in [6.45, 7) is 2.18. The van der Waals surface area contributed by atoms with Crippen LogP contribution in [0.5, 0.6) is 0 Å². The van der Waals surface area contributed by atoms with Crippen molar-refractivity contribution in [2.24, 2.45) is 0 Å². The normalized spacial score (nSPS) is 11.8.